The summed E-state index contributed by atoms with van der Waals surface area (Å²) in [5.74, 6) is -0.157. The zero-order valence-corrected chi connectivity index (χ0v) is 13.6. The van der Waals surface area contributed by atoms with E-state index in [4.69, 9.17) is 4.74 Å². The summed E-state index contributed by atoms with van der Waals surface area (Å²) in [6.45, 7) is 10.2. The van der Waals surface area contributed by atoms with E-state index in [1.165, 1.54) is 5.69 Å². The lowest BCUT2D eigenvalue weighted by Crippen LogP contribution is -2.44. The predicted molar refractivity (Wildman–Crippen MR) is 87.6 cm³/mol. The molecule has 0 aromatic heterocycles. The molecule has 0 fully saturated rings. The summed E-state index contributed by atoms with van der Waals surface area (Å²) in [5.41, 5.74) is 1.19. The Morgan fingerprint density at radius 1 is 1.24 bits per heavy atom. The molecule has 21 heavy (non-hydrogen) atoms. The van der Waals surface area contributed by atoms with Crippen molar-refractivity contribution in [3.8, 4) is 0 Å². The Hall–Kier alpha value is -1.55. The topological polar surface area (TPSA) is 41.6 Å². The fraction of sp³-hybridized carbons (Fsp3) is 0.588. The Balaban J connectivity index is 2.63. The number of carbonyl (C=O) groups excluding carboxylic acids is 1. The van der Waals surface area contributed by atoms with Gasteiger partial charge in [0, 0.05) is 24.8 Å². The molecule has 1 unspecified atom stereocenters. The van der Waals surface area contributed by atoms with Gasteiger partial charge in [-0.3, -0.25) is 4.79 Å². The molecule has 0 radical (unpaired) electrons. The van der Waals surface area contributed by atoms with Crippen molar-refractivity contribution in [2.75, 3.05) is 24.6 Å². The second kappa shape index (κ2) is 9.40. The van der Waals surface area contributed by atoms with E-state index in [2.05, 4.69) is 29.3 Å². The van der Waals surface area contributed by atoms with Crippen molar-refractivity contribution < 1.29 is 9.53 Å². The first-order valence-corrected chi connectivity index (χ1v) is 7.81. The summed E-state index contributed by atoms with van der Waals surface area (Å²) in [7, 11) is 0. The van der Waals surface area contributed by atoms with Crippen LogP contribution in [0.25, 0.3) is 0 Å². The van der Waals surface area contributed by atoms with Gasteiger partial charge in [-0.05, 0) is 32.4 Å². The average Bonchev–Trinajstić information content (AvgIpc) is 2.47. The number of para-hydroxylation sites is 1. The van der Waals surface area contributed by atoms with Gasteiger partial charge in [-0.1, -0.05) is 32.0 Å². The maximum Gasteiger partial charge on any atom is 0.323 e. The second-order valence-electron chi connectivity index (χ2n) is 5.33. The number of esters is 1. The minimum atomic E-state index is -0.247. The molecule has 1 aromatic carbocycles. The molecule has 0 aliphatic carbocycles. The van der Waals surface area contributed by atoms with Crippen LogP contribution < -0.4 is 10.2 Å². The summed E-state index contributed by atoms with van der Waals surface area (Å²) in [6, 6.07) is 10.3. The van der Waals surface area contributed by atoms with Crippen LogP contribution >= 0.6 is 0 Å². The molecule has 0 saturated carbocycles. The van der Waals surface area contributed by atoms with Gasteiger partial charge in [-0.2, -0.15) is 0 Å². The lowest BCUT2D eigenvalue weighted by molar-refractivity contribution is -0.146. The normalized spacial score (nSPS) is 12.2. The van der Waals surface area contributed by atoms with Gasteiger partial charge in [0.15, 0.2) is 0 Å². The number of nitrogens with zero attached hydrogens (tertiary/aromatic N) is 1. The lowest BCUT2D eigenvalue weighted by Gasteiger charge is -2.26. The van der Waals surface area contributed by atoms with Crippen LogP contribution in [-0.4, -0.2) is 37.7 Å². The van der Waals surface area contributed by atoms with Gasteiger partial charge in [-0.25, -0.2) is 0 Å². The Morgan fingerprint density at radius 2 is 1.90 bits per heavy atom. The average molecular weight is 292 g/mol. The van der Waals surface area contributed by atoms with Crippen molar-refractivity contribution in [2.24, 2.45) is 0 Å². The van der Waals surface area contributed by atoms with E-state index in [0.29, 0.717) is 6.61 Å². The summed E-state index contributed by atoms with van der Waals surface area (Å²) in [4.78, 5) is 14.3. The maximum absolute atomic E-state index is 12.0. The summed E-state index contributed by atoms with van der Waals surface area (Å²) >= 11 is 0. The minimum Gasteiger partial charge on any atom is -0.465 e. The third-order valence-corrected chi connectivity index (χ3v) is 3.30. The van der Waals surface area contributed by atoms with E-state index >= 15 is 0 Å². The standard InChI is InChI=1S/C17H28N2O2/c1-5-19(15-10-8-7-9-11-15)13-12-16(18-14(3)4)17(20)21-6-2/h7-11,14,16,18H,5-6,12-13H2,1-4H3. The van der Waals surface area contributed by atoms with E-state index in [0.717, 1.165) is 19.5 Å². The van der Waals surface area contributed by atoms with Crippen LogP contribution in [0.1, 0.15) is 34.1 Å². The number of ether oxygens (including phenoxy) is 1. The molecule has 0 saturated heterocycles. The van der Waals surface area contributed by atoms with Gasteiger partial charge in [0.25, 0.3) is 0 Å². The molecule has 0 aliphatic rings. The largest absolute Gasteiger partial charge is 0.465 e. The number of carbonyl (C=O) groups is 1. The van der Waals surface area contributed by atoms with Crippen LogP contribution in [0.4, 0.5) is 5.69 Å². The quantitative estimate of drug-likeness (QED) is 0.711. The maximum atomic E-state index is 12.0. The molecule has 0 spiro atoms. The molecular formula is C17H28N2O2. The minimum absolute atomic E-state index is 0.157. The highest BCUT2D eigenvalue weighted by Crippen LogP contribution is 2.14. The monoisotopic (exact) mass is 292 g/mol. The van der Waals surface area contributed by atoms with Crippen molar-refractivity contribution in [3.05, 3.63) is 30.3 Å². The van der Waals surface area contributed by atoms with E-state index < -0.39 is 0 Å². The van der Waals surface area contributed by atoms with Crippen molar-refractivity contribution in [2.45, 2.75) is 46.2 Å². The van der Waals surface area contributed by atoms with Gasteiger partial charge >= 0.3 is 5.97 Å². The molecule has 1 rings (SSSR count). The van der Waals surface area contributed by atoms with Crippen molar-refractivity contribution >= 4 is 11.7 Å². The number of rotatable bonds is 9. The molecule has 0 aliphatic heterocycles. The van der Waals surface area contributed by atoms with E-state index in [1.807, 2.05) is 39.0 Å². The zero-order chi connectivity index (χ0) is 15.7. The number of nitrogens with one attached hydrogen (secondary N) is 1. The molecule has 118 valence electrons. The first-order chi connectivity index (χ1) is 10.1. The molecule has 1 N–H and O–H groups in total. The molecule has 0 amide bonds. The Bertz CT molecular complexity index is 407. The van der Waals surface area contributed by atoms with Gasteiger partial charge in [0.05, 0.1) is 6.61 Å². The second-order valence-corrected chi connectivity index (χ2v) is 5.33. The third kappa shape index (κ3) is 6.17. The number of benzene rings is 1. The van der Waals surface area contributed by atoms with E-state index in [9.17, 15) is 4.79 Å². The fourth-order valence-electron chi connectivity index (χ4n) is 2.31. The SMILES string of the molecule is CCOC(=O)C(CCN(CC)c1ccccc1)NC(C)C. The van der Waals surface area contributed by atoms with Gasteiger partial charge < -0.3 is 15.0 Å². The smallest absolute Gasteiger partial charge is 0.323 e. The van der Waals surface area contributed by atoms with Crippen LogP contribution in [0, 0.1) is 0 Å². The Labute approximate surface area is 128 Å². The van der Waals surface area contributed by atoms with Crippen LogP contribution in [-0.2, 0) is 9.53 Å². The molecule has 0 bridgehead atoms. The highest BCUT2D eigenvalue weighted by atomic mass is 16.5. The molecule has 1 aromatic rings. The third-order valence-electron chi connectivity index (χ3n) is 3.30. The fourth-order valence-corrected chi connectivity index (χ4v) is 2.31. The molecule has 0 heterocycles. The van der Waals surface area contributed by atoms with Crippen molar-refractivity contribution in [1.29, 1.82) is 0 Å². The Morgan fingerprint density at radius 3 is 2.43 bits per heavy atom. The molecule has 1 atom stereocenters. The summed E-state index contributed by atoms with van der Waals surface area (Å²) in [5, 5.41) is 3.29. The highest BCUT2D eigenvalue weighted by molar-refractivity contribution is 5.75. The number of hydrogen-bond donors (Lipinski definition) is 1. The molecule has 4 nitrogen and oxygen atoms in total. The summed E-state index contributed by atoms with van der Waals surface area (Å²) in [6.07, 6.45) is 0.736. The van der Waals surface area contributed by atoms with Gasteiger partial charge in [-0.15, -0.1) is 0 Å². The van der Waals surface area contributed by atoms with E-state index in [-0.39, 0.29) is 18.1 Å². The first kappa shape index (κ1) is 17.5. The first-order valence-electron chi connectivity index (χ1n) is 7.81. The number of hydrogen-bond acceptors (Lipinski definition) is 4. The molecule has 4 heteroatoms. The Kier molecular flexibility index (Phi) is 7.83. The van der Waals surface area contributed by atoms with Gasteiger partial charge in [0.1, 0.15) is 6.04 Å². The van der Waals surface area contributed by atoms with Crippen LogP contribution in [0.3, 0.4) is 0 Å². The van der Waals surface area contributed by atoms with Crippen LogP contribution in [0.5, 0.6) is 0 Å². The van der Waals surface area contributed by atoms with E-state index in [1.54, 1.807) is 0 Å². The van der Waals surface area contributed by atoms with Crippen molar-refractivity contribution in [3.63, 3.8) is 0 Å². The van der Waals surface area contributed by atoms with Crippen LogP contribution in [0.15, 0.2) is 30.3 Å². The molecular weight excluding hydrogens is 264 g/mol. The zero-order valence-electron chi connectivity index (χ0n) is 13.6. The van der Waals surface area contributed by atoms with Crippen molar-refractivity contribution in [1.82, 2.24) is 5.32 Å². The van der Waals surface area contributed by atoms with Gasteiger partial charge in [0.2, 0.25) is 0 Å². The van der Waals surface area contributed by atoms with Crippen LogP contribution in [0.2, 0.25) is 0 Å². The predicted octanol–water partition coefficient (Wildman–Crippen LogP) is 2.83. The highest BCUT2D eigenvalue weighted by Gasteiger charge is 2.21. The lowest BCUT2D eigenvalue weighted by atomic mass is 10.1. The summed E-state index contributed by atoms with van der Waals surface area (Å²) < 4.78 is 5.16. The number of anilines is 1.